The SMILES string of the molecule is COc1nn(-c2ccc3c(n2)CN(C)C3)cc1C(=O)Nc1cccc(-c2nnc3n2[C@@H](C)CC3)n1. The lowest BCUT2D eigenvalue weighted by Gasteiger charge is -2.10. The number of carbonyl (C=O) groups is 1. The molecule has 0 aliphatic carbocycles. The van der Waals surface area contributed by atoms with Gasteiger partial charge in [0.1, 0.15) is 22.9 Å². The van der Waals surface area contributed by atoms with Crippen LogP contribution in [0.3, 0.4) is 0 Å². The van der Waals surface area contributed by atoms with Crippen LogP contribution in [-0.4, -0.2) is 59.5 Å². The molecule has 178 valence electrons. The first-order valence-electron chi connectivity index (χ1n) is 11.5. The summed E-state index contributed by atoms with van der Waals surface area (Å²) in [5.41, 5.74) is 3.16. The summed E-state index contributed by atoms with van der Waals surface area (Å²) in [4.78, 5) is 24.7. The number of methoxy groups -OCH3 is 1. The molecule has 0 aromatic carbocycles. The molecule has 0 radical (unpaired) electrons. The topological polar surface area (TPSA) is 116 Å². The molecule has 1 amide bonds. The Hall–Kier alpha value is -4.12. The first-order valence-corrected chi connectivity index (χ1v) is 11.5. The number of hydrogen-bond donors (Lipinski definition) is 1. The number of hydrogen-bond acceptors (Lipinski definition) is 8. The largest absolute Gasteiger partial charge is 0.479 e. The summed E-state index contributed by atoms with van der Waals surface area (Å²) in [5.74, 6) is 2.54. The molecule has 1 atom stereocenters. The van der Waals surface area contributed by atoms with E-state index in [2.05, 4.69) is 49.0 Å². The maximum atomic E-state index is 13.2. The zero-order chi connectivity index (χ0) is 24.1. The number of anilines is 1. The molecular weight excluding hydrogens is 446 g/mol. The Morgan fingerprint density at radius 1 is 1.14 bits per heavy atom. The molecule has 2 aliphatic heterocycles. The fourth-order valence-corrected chi connectivity index (χ4v) is 4.72. The summed E-state index contributed by atoms with van der Waals surface area (Å²) in [5, 5.41) is 15.9. The van der Waals surface area contributed by atoms with Gasteiger partial charge in [0.05, 0.1) is 12.8 Å². The van der Waals surface area contributed by atoms with Gasteiger partial charge in [-0.3, -0.25) is 9.69 Å². The Balaban J connectivity index is 1.26. The van der Waals surface area contributed by atoms with E-state index in [1.54, 1.807) is 16.9 Å². The van der Waals surface area contributed by atoms with Crippen molar-refractivity contribution < 1.29 is 9.53 Å². The van der Waals surface area contributed by atoms with Crippen LogP contribution < -0.4 is 10.1 Å². The third-order valence-corrected chi connectivity index (χ3v) is 6.48. The van der Waals surface area contributed by atoms with E-state index < -0.39 is 0 Å². The Labute approximate surface area is 201 Å². The van der Waals surface area contributed by atoms with Crippen LogP contribution in [0.25, 0.3) is 17.3 Å². The molecule has 6 rings (SSSR count). The van der Waals surface area contributed by atoms with Crippen LogP contribution in [-0.2, 0) is 19.5 Å². The molecule has 0 spiro atoms. The minimum Gasteiger partial charge on any atom is -0.479 e. The first kappa shape index (κ1) is 21.4. The number of aryl methyl sites for hydroxylation is 1. The van der Waals surface area contributed by atoms with Gasteiger partial charge in [0.2, 0.25) is 5.88 Å². The first-order chi connectivity index (χ1) is 17.0. The van der Waals surface area contributed by atoms with Crippen molar-refractivity contribution in [3.8, 4) is 23.2 Å². The lowest BCUT2D eigenvalue weighted by molar-refractivity contribution is 0.102. The van der Waals surface area contributed by atoms with Crippen molar-refractivity contribution in [2.24, 2.45) is 0 Å². The molecule has 4 aromatic rings. The summed E-state index contributed by atoms with van der Waals surface area (Å²) in [7, 11) is 3.54. The third kappa shape index (κ3) is 3.73. The second kappa shape index (κ2) is 8.27. The summed E-state index contributed by atoms with van der Waals surface area (Å²) >= 11 is 0. The minimum absolute atomic E-state index is 0.210. The van der Waals surface area contributed by atoms with Crippen LogP contribution in [0, 0.1) is 0 Å². The van der Waals surface area contributed by atoms with Gasteiger partial charge in [-0.15, -0.1) is 15.3 Å². The Morgan fingerprint density at radius 2 is 2.03 bits per heavy atom. The van der Waals surface area contributed by atoms with Crippen molar-refractivity contribution >= 4 is 11.7 Å². The molecule has 11 nitrogen and oxygen atoms in total. The van der Waals surface area contributed by atoms with Crippen LogP contribution in [0.15, 0.2) is 36.5 Å². The summed E-state index contributed by atoms with van der Waals surface area (Å²) in [6.45, 7) is 3.80. The number of aromatic nitrogens is 7. The Morgan fingerprint density at radius 3 is 2.89 bits per heavy atom. The van der Waals surface area contributed by atoms with Crippen molar-refractivity contribution in [1.29, 1.82) is 0 Å². The zero-order valence-corrected chi connectivity index (χ0v) is 19.8. The van der Waals surface area contributed by atoms with Gasteiger partial charge in [-0.05, 0) is 44.2 Å². The van der Waals surface area contributed by atoms with Crippen LogP contribution >= 0.6 is 0 Å². The second-order valence-electron chi connectivity index (χ2n) is 9.00. The minimum atomic E-state index is -0.376. The summed E-state index contributed by atoms with van der Waals surface area (Å²) < 4.78 is 9.07. The summed E-state index contributed by atoms with van der Waals surface area (Å²) in [6, 6.07) is 9.71. The van der Waals surface area contributed by atoms with E-state index in [9.17, 15) is 4.79 Å². The Bertz CT molecular complexity index is 1440. The molecule has 0 saturated carbocycles. The molecule has 11 heteroatoms. The predicted octanol–water partition coefficient (Wildman–Crippen LogP) is 2.63. The van der Waals surface area contributed by atoms with Gasteiger partial charge < -0.3 is 14.6 Å². The standard InChI is InChI=1S/C24H25N9O2/c1-14-7-9-21-28-29-22(33(14)21)17-5-4-6-19(25-17)27-23(34)16-12-32(30-24(16)35-3)20-10-8-15-11-31(2)13-18(15)26-20/h4-6,8,10,12,14H,7,9,11,13H2,1-3H3,(H,25,27,34)/t14-/m0/s1. The number of nitrogens with zero attached hydrogens (tertiary/aromatic N) is 8. The highest BCUT2D eigenvalue weighted by Gasteiger charge is 2.26. The maximum Gasteiger partial charge on any atom is 0.263 e. The monoisotopic (exact) mass is 471 g/mol. The van der Waals surface area contributed by atoms with E-state index in [1.807, 2.05) is 24.3 Å². The number of nitrogens with one attached hydrogen (secondary N) is 1. The van der Waals surface area contributed by atoms with Gasteiger partial charge in [-0.2, -0.15) is 0 Å². The molecule has 0 bridgehead atoms. The number of pyridine rings is 2. The average molecular weight is 472 g/mol. The fraction of sp³-hybridized carbons (Fsp3) is 0.333. The highest BCUT2D eigenvalue weighted by Crippen LogP contribution is 2.30. The van der Waals surface area contributed by atoms with E-state index in [0.717, 1.165) is 37.4 Å². The fourth-order valence-electron chi connectivity index (χ4n) is 4.72. The number of amides is 1. The van der Waals surface area contributed by atoms with E-state index >= 15 is 0 Å². The number of carbonyl (C=O) groups excluding carboxylic acids is 1. The summed E-state index contributed by atoms with van der Waals surface area (Å²) in [6.07, 6.45) is 3.57. The molecule has 35 heavy (non-hydrogen) atoms. The van der Waals surface area contributed by atoms with Gasteiger partial charge >= 0.3 is 0 Å². The number of fused-ring (bicyclic) bond motifs is 2. The van der Waals surface area contributed by atoms with Gasteiger partial charge in [-0.25, -0.2) is 14.6 Å². The lowest BCUT2D eigenvalue weighted by Crippen LogP contribution is -2.14. The normalized spacial score (nSPS) is 16.8. The Kier molecular flexibility index (Phi) is 5.06. The van der Waals surface area contributed by atoms with Crippen molar-refractivity contribution in [3.63, 3.8) is 0 Å². The molecule has 0 unspecified atom stereocenters. The zero-order valence-electron chi connectivity index (χ0n) is 19.8. The maximum absolute atomic E-state index is 13.2. The molecule has 6 heterocycles. The predicted molar refractivity (Wildman–Crippen MR) is 127 cm³/mol. The van der Waals surface area contributed by atoms with Crippen LogP contribution in [0.4, 0.5) is 5.82 Å². The van der Waals surface area contributed by atoms with Crippen molar-refractivity contribution in [2.75, 3.05) is 19.5 Å². The smallest absolute Gasteiger partial charge is 0.263 e. The van der Waals surface area contributed by atoms with Crippen LogP contribution in [0.5, 0.6) is 5.88 Å². The van der Waals surface area contributed by atoms with Gasteiger partial charge in [0, 0.05) is 31.7 Å². The van der Waals surface area contributed by atoms with Gasteiger partial charge in [0.25, 0.3) is 5.91 Å². The van der Waals surface area contributed by atoms with Crippen molar-refractivity contribution in [1.82, 2.24) is 39.4 Å². The molecule has 4 aromatic heterocycles. The molecule has 0 saturated heterocycles. The van der Waals surface area contributed by atoms with Gasteiger partial charge in [0.15, 0.2) is 11.6 Å². The van der Waals surface area contributed by atoms with Crippen LogP contribution in [0.2, 0.25) is 0 Å². The number of rotatable bonds is 5. The van der Waals surface area contributed by atoms with E-state index in [-0.39, 0.29) is 17.4 Å². The van der Waals surface area contributed by atoms with Crippen LogP contribution in [0.1, 0.15) is 46.8 Å². The third-order valence-electron chi connectivity index (χ3n) is 6.48. The van der Waals surface area contributed by atoms with Crippen molar-refractivity contribution in [2.45, 2.75) is 38.9 Å². The molecule has 0 fully saturated rings. The highest BCUT2D eigenvalue weighted by molar-refractivity contribution is 6.05. The number of ether oxygens (including phenoxy) is 1. The quantitative estimate of drug-likeness (QED) is 0.472. The van der Waals surface area contributed by atoms with Crippen molar-refractivity contribution in [3.05, 3.63) is 59.2 Å². The van der Waals surface area contributed by atoms with E-state index in [4.69, 9.17) is 9.72 Å². The average Bonchev–Trinajstić information content (AvgIpc) is 3.62. The second-order valence-corrected chi connectivity index (χ2v) is 9.00. The molecule has 2 aliphatic rings. The highest BCUT2D eigenvalue weighted by atomic mass is 16.5. The van der Waals surface area contributed by atoms with E-state index in [0.29, 0.717) is 29.2 Å². The molecular formula is C24H25N9O2. The van der Waals surface area contributed by atoms with Gasteiger partial charge in [-0.1, -0.05) is 12.1 Å². The van der Waals surface area contributed by atoms with E-state index in [1.165, 1.54) is 12.7 Å². The lowest BCUT2D eigenvalue weighted by atomic mass is 10.2. The molecule has 1 N–H and O–H groups in total.